The van der Waals surface area contributed by atoms with E-state index in [2.05, 4.69) is 0 Å². The summed E-state index contributed by atoms with van der Waals surface area (Å²) in [7, 11) is 1.70. The number of fused-ring (bicyclic) bond motifs is 1. The fraction of sp³-hybridized carbons (Fsp3) is 0.471. The topological polar surface area (TPSA) is 70.2 Å². The first-order valence-corrected chi connectivity index (χ1v) is 8.01. The summed E-state index contributed by atoms with van der Waals surface area (Å²) in [4.78, 5) is 41.0. The SMILES string of the molecule is CC(=O)N1CCN(C(=O)c2ccc3c(c2)OC(C)C(=O)N3C)CC1. The molecule has 7 heteroatoms. The van der Waals surface area contributed by atoms with Gasteiger partial charge in [-0.1, -0.05) is 0 Å². The Morgan fingerprint density at radius 3 is 2.38 bits per heavy atom. The first-order valence-electron chi connectivity index (χ1n) is 8.01. The van der Waals surface area contributed by atoms with Gasteiger partial charge < -0.3 is 19.4 Å². The highest BCUT2D eigenvalue weighted by atomic mass is 16.5. The number of hydrogen-bond donors (Lipinski definition) is 0. The molecule has 0 aromatic heterocycles. The van der Waals surface area contributed by atoms with Crippen LogP contribution in [0, 0.1) is 0 Å². The van der Waals surface area contributed by atoms with Crippen LogP contribution < -0.4 is 9.64 Å². The van der Waals surface area contributed by atoms with Crippen molar-refractivity contribution in [3.63, 3.8) is 0 Å². The highest BCUT2D eigenvalue weighted by Gasteiger charge is 2.30. The Morgan fingerprint density at radius 1 is 1.12 bits per heavy atom. The van der Waals surface area contributed by atoms with Crippen molar-refractivity contribution in [1.29, 1.82) is 0 Å². The molecule has 3 amide bonds. The Bertz CT molecular complexity index is 695. The predicted octanol–water partition coefficient (Wildman–Crippen LogP) is 0.735. The summed E-state index contributed by atoms with van der Waals surface area (Å²) in [6, 6.07) is 5.13. The fourth-order valence-corrected chi connectivity index (χ4v) is 3.06. The molecule has 0 saturated carbocycles. The Balaban J connectivity index is 1.77. The third kappa shape index (κ3) is 2.81. The van der Waals surface area contributed by atoms with Crippen molar-refractivity contribution in [2.24, 2.45) is 0 Å². The minimum Gasteiger partial charge on any atom is -0.479 e. The second kappa shape index (κ2) is 6.14. The van der Waals surface area contributed by atoms with Crippen molar-refractivity contribution in [2.75, 3.05) is 38.1 Å². The zero-order valence-electron chi connectivity index (χ0n) is 14.1. The van der Waals surface area contributed by atoms with Gasteiger partial charge in [0.15, 0.2) is 6.10 Å². The third-order valence-electron chi connectivity index (χ3n) is 4.56. The third-order valence-corrected chi connectivity index (χ3v) is 4.56. The summed E-state index contributed by atoms with van der Waals surface area (Å²) >= 11 is 0. The van der Waals surface area contributed by atoms with Gasteiger partial charge in [0.2, 0.25) is 5.91 Å². The van der Waals surface area contributed by atoms with Crippen LogP contribution in [-0.2, 0) is 9.59 Å². The molecule has 0 N–H and O–H groups in total. The van der Waals surface area contributed by atoms with Crippen LogP contribution >= 0.6 is 0 Å². The summed E-state index contributed by atoms with van der Waals surface area (Å²) in [6.45, 7) is 5.37. The largest absolute Gasteiger partial charge is 0.479 e. The molecule has 1 aromatic rings. The lowest BCUT2D eigenvalue weighted by Crippen LogP contribution is -2.50. The molecule has 3 rings (SSSR count). The predicted molar refractivity (Wildman–Crippen MR) is 88.1 cm³/mol. The highest BCUT2D eigenvalue weighted by molar-refractivity contribution is 6.01. The fourth-order valence-electron chi connectivity index (χ4n) is 3.06. The Labute approximate surface area is 140 Å². The van der Waals surface area contributed by atoms with Crippen LogP contribution in [0.15, 0.2) is 18.2 Å². The van der Waals surface area contributed by atoms with E-state index in [9.17, 15) is 14.4 Å². The number of nitrogens with zero attached hydrogens (tertiary/aromatic N) is 3. The number of hydrogen-bond acceptors (Lipinski definition) is 4. The molecular weight excluding hydrogens is 310 g/mol. The van der Waals surface area contributed by atoms with Gasteiger partial charge in [0, 0.05) is 45.7 Å². The van der Waals surface area contributed by atoms with Crippen LogP contribution in [0.25, 0.3) is 0 Å². The maximum absolute atomic E-state index is 12.7. The molecule has 128 valence electrons. The van der Waals surface area contributed by atoms with Gasteiger partial charge in [0.05, 0.1) is 5.69 Å². The number of likely N-dealkylation sites (N-methyl/N-ethyl adjacent to an activating group) is 1. The molecule has 1 fully saturated rings. The average molecular weight is 331 g/mol. The van der Waals surface area contributed by atoms with Crippen LogP contribution in [-0.4, -0.2) is 66.9 Å². The van der Waals surface area contributed by atoms with Gasteiger partial charge in [-0.05, 0) is 25.1 Å². The summed E-state index contributed by atoms with van der Waals surface area (Å²) < 4.78 is 5.63. The van der Waals surface area contributed by atoms with E-state index in [0.29, 0.717) is 43.2 Å². The van der Waals surface area contributed by atoms with E-state index >= 15 is 0 Å². The second-order valence-electron chi connectivity index (χ2n) is 6.14. The summed E-state index contributed by atoms with van der Waals surface area (Å²) in [5.74, 6) is 0.377. The van der Waals surface area contributed by atoms with E-state index in [1.54, 1.807) is 46.9 Å². The second-order valence-corrected chi connectivity index (χ2v) is 6.14. The number of rotatable bonds is 1. The van der Waals surface area contributed by atoms with E-state index < -0.39 is 6.10 Å². The first kappa shape index (κ1) is 16.3. The average Bonchev–Trinajstić information content (AvgIpc) is 2.58. The van der Waals surface area contributed by atoms with Gasteiger partial charge >= 0.3 is 0 Å². The minimum atomic E-state index is -0.563. The van der Waals surface area contributed by atoms with Gasteiger partial charge in [-0.15, -0.1) is 0 Å². The Hall–Kier alpha value is -2.57. The number of amides is 3. The highest BCUT2D eigenvalue weighted by Crippen LogP contribution is 2.34. The van der Waals surface area contributed by atoms with Gasteiger partial charge in [-0.25, -0.2) is 0 Å². The first-order chi connectivity index (χ1) is 11.4. The lowest BCUT2D eigenvalue weighted by Gasteiger charge is -2.34. The molecule has 0 aliphatic carbocycles. The maximum Gasteiger partial charge on any atom is 0.267 e. The molecule has 2 aliphatic heterocycles. The molecule has 0 spiro atoms. The normalized spacial score (nSPS) is 20.5. The minimum absolute atomic E-state index is 0.0333. The molecule has 2 heterocycles. The molecule has 1 saturated heterocycles. The summed E-state index contributed by atoms with van der Waals surface area (Å²) in [5, 5.41) is 0. The van der Waals surface area contributed by atoms with Crippen molar-refractivity contribution in [3.8, 4) is 5.75 Å². The monoisotopic (exact) mass is 331 g/mol. The van der Waals surface area contributed by atoms with E-state index in [4.69, 9.17) is 4.74 Å². The molecule has 1 aromatic carbocycles. The molecule has 1 unspecified atom stereocenters. The van der Waals surface area contributed by atoms with Crippen LogP contribution in [0.4, 0.5) is 5.69 Å². The Kier molecular flexibility index (Phi) is 4.17. The van der Waals surface area contributed by atoms with Crippen molar-refractivity contribution in [1.82, 2.24) is 9.80 Å². The van der Waals surface area contributed by atoms with E-state index in [1.165, 1.54) is 6.92 Å². The van der Waals surface area contributed by atoms with Crippen molar-refractivity contribution in [2.45, 2.75) is 20.0 Å². The van der Waals surface area contributed by atoms with Gasteiger partial charge in [0.25, 0.3) is 11.8 Å². The Morgan fingerprint density at radius 2 is 1.75 bits per heavy atom. The van der Waals surface area contributed by atoms with E-state index in [1.807, 2.05) is 0 Å². The number of piperazine rings is 1. The number of anilines is 1. The molecule has 0 radical (unpaired) electrons. The summed E-state index contributed by atoms with van der Waals surface area (Å²) in [5.41, 5.74) is 1.19. The molecule has 24 heavy (non-hydrogen) atoms. The molecular formula is C17H21N3O4. The lowest BCUT2D eigenvalue weighted by molar-refractivity contribution is -0.130. The smallest absolute Gasteiger partial charge is 0.267 e. The van der Waals surface area contributed by atoms with Gasteiger partial charge in [0.1, 0.15) is 5.75 Å². The van der Waals surface area contributed by atoms with Crippen LogP contribution in [0.1, 0.15) is 24.2 Å². The quantitative estimate of drug-likeness (QED) is 0.761. The number of carbonyl (C=O) groups is 3. The van der Waals surface area contributed by atoms with Crippen LogP contribution in [0.2, 0.25) is 0 Å². The number of ether oxygens (including phenoxy) is 1. The number of benzene rings is 1. The molecule has 1 atom stereocenters. The van der Waals surface area contributed by atoms with Crippen molar-refractivity contribution in [3.05, 3.63) is 23.8 Å². The number of carbonyl (C=O) groups excluding carboxylic acids is 3. The molecule has 2 aliphatic rings. The van der Waals surface area contributed by atoms with Crippen LogP contribution in [0.3, 0.4) is 0 Å². The van der Waals surface area contributed by atoms with Crippen LogP contribution in [0.5, 0.6) is 5.75 Å². The zero-order valence-corrected chi connectivity index (χ0v) is 14.1. The standard InChI is InChI=1S/C17H21N3O4/c1-11-16(22)18(3)14-5-4-13(10-15(14)24-11)17(23)20-8-6-19(7-9-20)12(2)21/h4-5,10-11H,6-9H2,1-3H3. The van der Waals surface area contributed by atoms with Crippen molar-refractivity contribution < 1.29 is 19.1 Å². The lowest BCUT2D eigenvalue weighted by atomic mass is 10.1. The van der Waals surface area contributed by atoms with E-state index in [-0.39, 0.29) is 17.7 Å². The van der Waals surface area contributed by atoms with E-state index in [0.717, 1.165) is 0 Å². The van der Waals surface area contributed by atoms with Gasteiger partial charge in [-0.2, -0.15) is 0 Å². The molecule has 0 bridgehead atoms. The summed E-state index contributed by atoms with van der Waals surface area (Å²) in [6.07, 6.45) is -0.563. The van der Waals surface area contributed by atoms with Crippen molar-refractivity contribution >= 4 is 23.4 Å². The zero-order chi connectivity index (χ0) is 17.4. The molecule has 7 nitrogen and oxygen atoms in total. The maximum atomic E-state index is 12.7. The van der Waals surface area contributed by atoms with Gasteiger partial charge in [-0.3, -0.25) is 14.4 Å².